The summed E-state index contributed by atoms with van der Waals surface area (Å²) >= 11 is 4.09. The van der Waals surface area contributed by atoms with Gasteiger partial charge in [0.1, 0.15) is 5.75 Å². The fourth-order valence-electron chi connectivity index (χ4n) is 0.787. The van der Waals surface area contributed by atoms with E-state index in [-0.39, 0.29) is 0 Å². The van der Waals surface area contributed by atoms with Crippen LogP contribution in [-0.4, -0.2) is 6.61 Å². The molecule has 1 nitrogen and oxygen atoms in total. The third kappa shape index (κ3) is 2.67. The molecule has 3 heteroatoms. The zero-order valence-electron chi connectivity index (χ0n) is 6.28. The monoisotopic (exact) mass is 186 g/mol. The Hall–Kier alpha value is -0.280. The minimum absolute atomic E-state index is 0.709. The molecule has 1 rings (SSSR count). The summed E-state index contributed by atoms with van der Waals surface area (Å²) in [5.74, 6) is 0.909. The lowest BCUT2D eigenvalue weighted by molar-refractivity contribution is 0.339. The van der Waals surface area contributed by atoms with E-state index in [2.05, 4.69) is 11.7 Å². The van der Waals surface area contributed by atoms with Crippen molar-refractivity contribution in [3.05, 3.63) is 24.3 Å². The lowest BCUT2D eigenvalue weighted by Crippen LogP contribution is -1.90. The first-order valence-corrected chi connectivity index (χ1v) is 5.28. The van der Waals surface area contributed by atoms with Gasteiger partial charge in [-0.05, 0) is 25.1 Å². The van der Waals surface area contributed by atoms with E-state index >= 15 is 0 Å². The van der Waals surface area contributed by atoms with Crippen LogP contribution in [-0.2, 0) is 0 Å². The fourth-order valence-corrected chi connectivity index (χ4v) is 1.44. The second-order valence-electron chi connectivity index (χ2n) is 2.00. The van der Waals surface area contributed by atoms with Gasteiger partial charge in [-0.1, -0.05) is 16.9 Å². The Morgan fingerprint density at radius 2 is 2.36 bits per heavy atom. The molecule has 1 aromatic carbocycles. The highest BCUT2D eigenvalue weighted by Crippen LogP contribution is 2.24. The van der Waals surface area contributed by atoms with Gasteiger partial charge < -0.3 is 4.74 Å². The summed E-state index contributed by atoms with van der Waals surface area (Å²) in [4.78, 5) is 1.11. The molecule has 0 saturated carbocycles. The van der Waals surface area contributed by atoms with Gasteiger partial charge in [-0.3, -0.25) is 0 Å². The molecule has 0 N–H and O–H groups in total. The van der Waals surface area contributed by atoms with E-state index in [1.807, 2.05) is 31.2 Å². The first kappa shape index (κ1) is 8.81. The summed E-state index contributed by atoms with van der Waals surface area (Å²) in [6.07, 6.45) is 0. The van der Waals surface area contributed by atoms with Gasteiger partial charge in [0.2, 0.25) is 0 Å². The van der Waals surface area contributed by atoms with E-state index in [4.69, 9.17) is 4.74 Å². The van der Waals surface area contributed by atoms with Gasteiger partial charge in [0.25, 0.3) is 0 Å². The number of hydrogen-bond acceptors (Lipinski definition) is 3. The van der Waals surface area contributed by atoms with Crippen LogP contribution in [0.1, 0.15) is 6.92 Å². The van der Waals surface area contributed by atoms with Gasteiger partial charge >= 0.3 is 0 Å². The average molecular weight is 186 g/mol. The van der Waals surface area contributed by atoms with Crippen LogP contribution in [0.25, 0.3) is 0 Å². The highest BCUT2D eigenvalue weighted by molar-refractivity contribution is 8.68. The van der Waals surface area contributed by atoms with Crippen LogP contribution in [0.15, 0.2) is 29.2 Å². The van der Waals surface area contributed by atoms with Crippen molar-refractivity contribution in [2.45, 2.75) is 11.8 Å². The van der Waals surface area contributed by atoms with Crippen LogP contribution >= 0.6 is 22.5 Å². The van der Waals surface area contributed by atoms with E-state index in [0.29, 0.717) is 6.61 Å². The zero-order valence-corrected chi connectivity index (χ0v) is 7.99. The van der Waals surface area contributed by atoms with Gasteiger partial charge in [0.15, 0.2) is 0 Å². The Morgan fingerprint density at radius 3 is 3.00 bits per heavy atom. The maximum absolute atomic E-state index is 5.30. The quantitative estimate of drug-likeness (QED) is 0.574. The minimum Gasteiger partial charge on any atom is -0.494 e. The molecule has 0 aliphatic rings. The topological polar surface area (TPSA) is 9.23 Å². The second-order valence-corrected chi connectivity index (χ2v) is 3.20. The number of hydrogen-bond donors (Lipinski definition) is 1. The average Bonchev–Trinajstić information content (AvgIpc) is 2.06. The first-order valence-electron chi connectivity index (χ1n) is 3.41. The smallest absolute Gasteiger partial charge is 0.120 e. The van der Waals surface area contributed by atoms with E-state index in [1.54, 1.807) is 0 Å². The molecule has 0 aliphatic heterocycles. The van der Waals surface area contributed by atoms with Crippen molar-refractivity contribution in [3.8, 4) is 5.75 Å². The van der Waals surface area contributed by atoms with Crippen molar-refractivity contribution in [1.29, 1.82) is 0 Å². The summed E-state index contributed by atoms with van der Waals surface area (Å²) in [5.41, 5.74) is 0. The maximum Gasteiger partial charge on any atom is 0.120 e. The molecule has 1 aromatic rings. The second kappa shape index (κ2) is 4.57. The summed E-state index contributed by atoms with van der Waals surface area (Å²) in [6, 6.07) is 7.88. The zero-order chi connectivity index (χ0) is 8.10. The molecule has 0 saturated heterocycles. The molecule has 0 atom stereocenters. The molecule has 60 valence electrons. The number of rotatable bonds is 3. The SMILES string of the molecule is CCOc1cccc(SS)c1. The molecule has 0 unspecified atom stereocenters. The Kier molecular flexibility index (Phi) is 3.66. The lowest BCUT2D eigenvalue weighted by atomic mass is 10.3. The van der Waals surface area contributed by atoms with Crippen molar-refractivity contribution in [1.82, 2.24) is 0 Å². The predicted octanol–water partition coefficient (Wildman–Crippen LogP) is 3.02. The Bertz CT molecular complexity index is 225. The van der Waals surface area contributed by atoms with Gasteiger partial charge in [-0.15, -0.1) is 11.7 Å². The van der Waals surface area contributed by atoms with Crippen molar-refractivity contribution >= 4 is 22.5 Å². The van der Waals surface area contributed by atoms with Crippen LogP contribution < -0.4 is 4.74 Å². The molecule has 0 radical (unpaired) electrons. The normalized spacial score (nSPS) is 9.64. The highest BCUT2D eigenvalue weighted by Gasteiger charge is 1.93. The maximum atomic E-state index is 5.30. The van der Waals surface area contributed by atoms with Gasteiger partial charge in [0, 0.05) is 4.90 Å². The van der Waals surface area contributed by atoms with Crippen LogP contribution in [0, 0.1) is 0 Å². The van der Waals surface area contributed by atoms with Gasteiger partial charge in [-0.25, -0.2) is 0 Å². The summed E-state index contributed by atoms with van der Waals surface area (Å²) in [5, 5.41) is 0. The molecule has 11 heavy (non-hydrogen) atoms. The Labute approximate surface area is 76.0 Å². The molecular weight excluding hydrogens is 176 g/mol. The molecular formula is C8H10OS2. The fraction of sp³-hybridized carbons (Fsp3) is 0.250. The van der Waals surface area contributed by atoms with Crippen LogP contribution in [0.2, 0.25) is 0 Å². The molecule has 0 bridgehead atoms. The van der Waals surface area contributed by atoms with E-state index in [9.17, 15) is 0 Å². The van der Waals surface area contributed by atoms with E-state index in [0.717, 1.165) is 10.6 Å². The largest absolute Gasteiger partial charge is 0.494 e. The molecule has 0 aliphatic carbocycles. The lowest BCUT2D eigenvalue weighted by Gasteiger charge is -2.02. The number of ether oxygens (including phenoxy) is 1. The Morgan fingerprint density at radius 1 is 1.55 bits per heavy atom. The molecule has 0 spiro atoms. The molecule has 0 amide bonds. The van der Waals surface area contributed by atoms with Crippen LogP contribution in [0.5, 0.6) is 5.75 Å². The third-order valence-electron chi connectivity index (χ3n) is 1.22. The minimum atomic E-state index is 0.709. The van der Waals surface area contributed by atoms with Crippen molar-refractivity contribution < 1.29 is 4.74 Å². The summed E-state index contributed by atoms with van der Waals surface area (Å²) in [6.45, 7) is 2.68. The van der Waals surface area contributed by atoms with Crippen LogP contribution in [0.4, 0.5) is 0 Å². The predicted molar refractivity (Wildman–Crippen MR) is 52.5 cm³/mol. The number of thiol groups is 1. The molecule has 0 heterocycles. The molecule has 0 aromatic heterocycles. The third-order valence-corrected chi connectivity index (χ3v) is 2.32. The van der Waals surface area contributed by atoms with Crippen molar-refractivity contribution in [2.24, 2.45) is 0 Å². The van der Waals surface area contributed by atoms with Gasteiger partial charge in [0.05, 0.1) is 6.61 Å². The van der Waals surface area contributed by atoms with E-state index < -0.39 is 0 Å². The van der Waals surface area contributed by atoms with E-state index in [1.165, 1.54) is 10.8 Å². The van der Waals surface area contributed by atoms with Gasteiger partial charge in [-0.2, -0.15) is 0 Å². The van der Waals surface area contributed by atoms with Crippen molar-refractivity contribution in [2.75, 3.05) is 6.61 Å². The first-order chi connectivity index (χ1) is 5.36. The molecule has 0 fully saturated rings. The summed E-state index contributed by atoms with van der Waals surface area (Å²) in [7, 11) is 1.42. The number of benzene rings is 1. The van der Waals surface area contributed by atoms with Crippen molar-refractivity contribution in [3.63, 3.8) is 0 Å². The highest BCUT2D eigenvalue weighted by atomic mass is 33.1. The standard InChI is InChI=1S/C8H10OS2/c1-2-9-7-4-3-5-8(6-7)11-10/h3-6,10H,2H2,1H3. The summed E-state index contributed by atoms with van der Waals surface area (Å²) < 4.78 is 5.30. The Balaban J connectivity index is 2.74. The van der Waals surface area contributed by atoms with Crippen LogP contribution in [0.3, 0.4) is 0 Å².